The van der Waals surface area contributed by atoms with E-state index in [9.17, 15) is 13.6 Å². The van der Waals surface area contributed by atoms with E-state index in [1.165, 1.54) is 12.1 Å². The Morgan fingerprint density at radius 2 is 1.59 bits per heavy atom. The van der Waals surface area contributed by atoms with Crippen molar-refractivity contribution in [3.05, 3.63) is 77.9 Å². The summed E-state index contributed by atoms with van der Waals surface area (Å²) in [7, 11) is 0. The van der Waals surface area contributed by atoms with Gasteiger partial charge in [0.2, 0.25) is 6.79 Å². The highest BCUT2D eigenvalue weighted by Crippen LogP contribution is 2.32. The largest absolute Gasteiger partial charge is 0.454 e. The Balaban J connectivity index is 1.43. The number of nitrogens with one attached hydrogen (secondary N) is 2. The molecule has 7 heteroatoms. The fourth-order valence-electron chi connectivity index (χ4n) is 2.62. The molecule has 0 saturated heterocycles. The number of ether oxygens (including phenoxy) is 2. The number of fused-ring (bicyclic) bond motifs is 1. The summed E-state index contributed by atoms with van der Waals surface area (Å²) in [6.07, 6.45) is 0. The minimum absolute atomic E-state index is 0.142. The molecule has 1 heterocycles. The molecule has 0 saturated carbocycles. The van der Waals surface area contributed by atoms with Crippen molar-refractivity contribution < 1.29 is 23.0 Å². The lowest BCUT2D eigenvalue weighted by molar-refractivity contribution is 0.102. The Labute approximate surface area is 153 Å². The van der Waals surface area contributed by atoms with E-state index in [1.807, 2.05) is 0 Å². The summed E-state index contributed by atoms with van der Waals surface area (Å²) in [6.45, 7) is 0.142. The maximum atomic E-state index is 13.7. The number of hydrogen-bond donors (Lipinski definition) is 2. The number of hydrogen-bond acceptors (Lipinski definition) is 4. The van der Waals surface area contributed by atoms with Gasteiger partial charge in [0.15, 0.2) is 11.5 Å². The zero-order valence-corrected chi connectivity index (χ0v) is 14.0. The second-order valence-corrected chi connectivity index (χ2v) is 5.85. The average molecular weight is 368 g/mol. The van der Waals surface area contributed by atoms with E-state index >= 15 is 0 Å². The van der Waals surface area contributed by atoms with Crippen LogP contribution < -0.4 is 20.1 Å². The van der Waals surface area contributed by atoms with Crippen LogP contribution in [-0.2, 0) is 0 Å². The quantitative estimate of drug-likeness (QED) is 0.701. The first-order valence-electron chi connectivity index (χ1n) is 8.12. The Hall–Kier alpha value is -3.61. The number of anilines is 3. The predicted molar refractivity (Wildman–Crippen MR) is 96.6 cm³/mol. The molecule has 27 heavy (non-hydrogen) atoms. The molecular formula is C20H14F2N2O3. The highest BCUT2D eigenvalue weighted by molar-refractivity contribution is 6.04. The highest BCUT2D eigenvalue weighted by Gasteiger charge is 2.16. The minimum atomic E-state index is -0.685. The van der Waals surface area contributed by atoms with Gasteiger partial charge < -0.3 is 20.1 Å². The zero-order valence-electron chi connectivity index (χ0n) is 14.0. The number of halogens is 2. The van der Waals surface area contributed by atoms with E-state index in [1.54, 1.807) is 42.5 Å². The molecule has 136 valence electrons. The lowest BCUT2D eigenvalue weighted by Crippen LogP contribution is -2.11. The predicted octanol–water partition coefficient (Wildman–Crippen LogP) is 4.69. The van der Waals surface area contributed by atoms with Crippen molar-refractivity contribution in [1.29, 1.82) is 0 Å². The first-order chi connectivity index (χ1) is 13.1. The van der Waals surface area contributed by atoms with E-state index < -0.39 is 11.6 Å². The second-order valence-electron chi connectivity index (χ2n) is 5.85. The fourth-order valence-corrected chi connectivity index (χ4v) is 2.62. The van der Waals surface area contributed by atoms with E-state index in [2.05, 4.69) is 10.6 Å². The van der Waals surface area contributed by atoms with Gasteiger partial charge in [-0.15, -0.1) is 0 Å². The lowest BCUT2D eigenvalue weighted by Gasteiger charge is -2.10. The van der Waals surface area contributed by atoms with Crippen LogP contribution in [0.2, 0.25) is 0 Å². The van der Waals surface area contributed by atoms with Crippen molar-refractivity contribution in [2.45, 2.75) is 0 Å². The summed E-state index contributed by atoms with van der Waals surface area (Å²) >= 11 is 0. The Morgan fingerprint density at radius 3 is 2.37 bits per heavy atom. The molecule has 1 aliphatic heterocycles. The summed E-state index contributed by atoms with van der Waals surface area (Å²) < 4.78 is 37.1. The van der Waals surface area contributed by atoms with Crippen LogP contribution in [0.15, 0.2) is 60.7 Å². The first kappa shape index (κ1) is 16.8. The van der Waals surface area contributed by atoms with Crippen LogP contribution in [-0.4, -0.2) is 12.7 Å². The molecule has 0 bridgehead atoms. The minimum Gasteiger partial charge on any atom is -0.454 e. The van der Waals surface area contributed by atoms with Crippen molar-refractivity contribution in [2.75, 3.05) is 17.4 Å². The Kier molecular flexibility index (Phi) is 4.33. The van der Waals surface area contributed by atoms with Gasteiger partial charge in [0.05, 0.1) is 5.69 Å². The zero-order chi connectivity index (χ0) is 18.8. The van der Waals surface area contributed by atoms with Crippen LogP contribution in [0.25, 0.3) is 0 Å². The van der Waals surface area contributed by atoms with Gasteiger partial charge in [-0.3, -0.25) is 4.79 Å². The van der Waals surface area contributed by atoms with Crippen LogP contribution in [0.3, 0.4) is 0 Å². The van der Waals surface area contributed by atoms with Gasteiger partial charge in [-0.1, -0.05) is 0 Å². The molecule has 0 aromatic heterocycles. The molecule has 0 aliphatic carbocycles. The van der Waals surface area contributed by atoms with E-state index in [-0.39, 0.29) is 18.4 Å². The average Bonchev–Trinajstić information content (AvgIpc) is 3.13. The molecular weight excluding hydrogens is 354 g/mol. The molecule has 3 aromatic rings. The Morgan fingerprint density at radius 1 is 0.852 bits per heavy atom. The summed E-state index contributed by atoms with van der Waals surface area (Å²) in [5, 5.41) is 5.63. The molecule has 4 rings (SSSR count). The summed E-state index contributed by atoms with van der Waals surface area (Å²) in [5.41, 5.74) is 1.77. The maximum Gasteiger partial charge on any atom is 0.255 e. The van der Waals surface area contributed by atoms with Gasteiger partial charge in [0.25, 0.3) is 5.91 Å². The first-order valence-corrected chi connectivity index (χ1v) is 8.12. The van der Waals surface area contributed by atoms with Gasteiger partial charge in [-0.2, -0.15) is 0 Å². The van der Waals surface area contributed by atoms with Gasteiger partial charge in [-0.25, -0.2) is 8.78 Å². The number of carbonyl (C=O) groups is 1. The third kappa shape index (κ3) is 3.67. The molecule has 0 unspecified atom stereocenters. The van der Waals surface area contributed by atoms with Crippen molar-refractivity contribution in [3.63, 3.8) is 0 Å². The maximum absolute atomic E-state index is 13.7. The number of carbonyl (C=O) groups excluding carboxylic acids is 1. The molecule has 1 aliphatic rings. The molecule has 0 spiro atoms. The number of amides is 1. The third-order valence-corrected chi connectivity index (χ3v) is 3.99. The summed E-state index contributed by atoms with van der Waals surface area (Å²) in [4.78, 5) is 12.4. The van der Waals surface area contributed by atoms with Gasteiger partial charge in [-0.05, 0) is 54.6 Å². The molecule has 0 fully saturated rings. The summed E-state index contributed by atoms with van der Waals surface area (Å²) in [6, 6.07) is 15.0. The fraction of sp³-hybridized carbons (Fsp3) is 0.0500. The SMILES string of the molecule is O=C(Nc1ccc(Nc2ccc(F)cc2F)cc1)c1ccc2c(c1)OCO2. The molecule has 0 radical (unpaired) electrons. The number of rotatable bonds is 4. The normalized spacial score (nSPS) is 11.9. The van der Waals surface area contributed by atoms with Crippen LogP contribution in [0, 0.1) is 11.6 Å². The standard InChI is InChI=1S/C20H14F2N2O3/c21-13-2-7-17(16(22)10-13)23-14-3-5-15(6-4-14)24-20(25)12-1-8-18-19(9-12)27-11-26-18/h1-10,23H,11H2,(H,24,25). The molecule has 3 aromatic carbocycles. The third-order valence-electron chi connectivity index (χ3n) is 3.99. The molecule has 5 nitrogen and oxygen atoms in total. The van der Waals surface area contributed by atoms with E-state index in [4.69, 9.17) is 9.47 Å². The van der Waals surface area contributed by atoms with Crippen molar-refractivity contribution in [2.24, 2.45) is 0 Å². The van der Waals surface area contributed by atoms with Crippen molar-refractivity contribution in [3.8, 4) is 11.5 Å². The monoisotopic (exact) mass is 368 g/mol. The second kappa shape index (κ2) is 6.95. The van der Waals surface area contributed by atoms with E-state index in [0.717, 1.165) is 6.07 Å². The van der Waals surface area contributed by atoms with E-state index in [0.29, 0.717) is 28.4 Å². The summed E-state index contributed by atoms with van der Waals surface area (Å²) in [5.74, 6) is -0.480. The van der Waals surface area contributed by atoms with Gasteiger partial charge >= 0.3 is 0 Å². The van der Waals surface area contributed by atoms with Gasteiger partial charge in [0.1, 0.15) is 11.6 Å². The van der Waals surface area contributed by atoms with Gasteiger partial charge in [0, 0.05) is 23.0 Å². The van der Waals surface area contributed by atoms with Crippen LogP contribution >= 0.6 is 0 Å². The van der Waals surface area contributed by atoms with Crippen molar-refractivity contribution in [1.82, 2.24) is 0 Å². The van der Waals surface area contributed by atoms with Crippen molar-refractivity contribution >= 4 is 23.0 Å². The molecule has 0 atom stereocenters. The Bertz CT molecular complexity index is 1010. The van der Waals surface area contributed by atoms with Crippen LogP contribution in [0.1, 0.15) is 10.4 Å². The molecule has 2 N–H and O–H groups in total. The molecule has 1 amide bonds. The van der Waals surface area contributed by atoms with Crippen LogP contribution in [0.4, 0.5) is 25.8 Å². The lowest BCUT2D eigenvalue weighted by atomic mass is 10.2. The highest BCUT2D eigenvalue weighted by atomic mass is 19.1. The topological polar surface area (TPSA) is 59.6 Å². The number of benzene rings is 3. The smallest absolute Gasteiger partial charge is 0.255 e. The van der Waals surface area contributed by atoms with Crippen LogP contribution in [0.5, 0.6) is 11.5 Å².